The van der Waals surface area contributed by atoms with Crippen LogP contribution in [0.2, 0.25) is 0 Å². The average Bonchev–Trinajstić information content (AvgIpc) is 3.39. The Morgan fingerprint density at radius 1 is 1.25 bits per heavy atom. The predicted molar refractivity (Wildman–Crippen MR) is 80.7 cm³/mol. The normalized spacial score (nSPS) is 20.5. The van der Waals surface area contributed by atoms with Crippen molar-refractivity contribution >= 4 is 17.6 Å². The Morgan fingerprint density at radius 3 is 2.67 bits per heavy atom. The molecule has 0 bridgehead atoms. The number of amides is 1. The molecule has 1 heterocycles. The fraction of sp³-hybridized carbons (Fsp3) is 0.500. The summed E-state index contributed by atoms with van der Waals surface area (Å²) in [4.78, 5) is 36.3. The number of hydrogen-bond acceptors (Lipinski definition) is 5. The van der Waals surface area contributed by atoms with Crippen LogP contribution in [0.25, 0.3) is 0 Å². The lowest BCUT2D eigenvalue weighted by molar-refractivity contribution is -0.385. The van der Waals surface area contributed by atoms with Gasteiger partial charge in [-0.05, 0) is 31.7 Å². The highest BCUT2D eigenvalue weighted by Crippen LogP contribution is 2.33. The van der Waals surface area contributed by atoms with Crippen LogP contribution < -0.4 is 4.74 Å². The van der Waals surface area contributed by atoms with Gasteiger partial charge in [-0.1, -0.05) is 0 Å². The highest BCUT2D eigenvalue weighted by atomic mass is 19.1. The van der Waals surface area contributed by atoms with E-state index in [4.69, 9.17) is 4.74 Å². The quantitative estimate of drug-likeness (QED) is 0.364. The molecule has 1 aromatic carbocycles. The van der Waals surface area contributed by atoms with E-state index in [0.717, 1.165) is 31.0 Å². The van der Waals surface area contributed by atoms with E-state index in [1.807, 2.05) is 0 Å². The van der Waals surface area contributed by atoms with Gasteiger partial charge in [0.15, 0.2) is 0 Å². The first-order valence-electron chi connectivity index (χ1n) is 7.90. The number of benzene rings is 1. The number of nitro groups is 1. The van der Waals surface area contributed by atoms with Crippen LogP contribution in [0.5, 0.6) is 5.75 Å². The Labute approximate surface area is 137 Å². The van der Waals surface area contributed by atoms with Gasteiger partial charge in [0.2, 0.25) is 11.7 Å². The molecule has 2 fully saturated rings. The molecule has 0 N–H and O–H groups in total. The number of nitrogens with zero attached hydrogens (tertiary/aromatic N) is 2. The SMILES string of the molecule is O=C(Oc1cc(F)ccc1[N+](=O)[O-])C1CCCN(C(=O)C2CC2)C1. The Balaban J connectivity index is 1.69. The maximum atomic E-state index is 13.3. The number of rotatable bonds is 4. The van der Waals surface area contributed by atoms with E-state index in [2.05, 4.69) is 0 Å². The molecule has 1 aliphatic carbocycles. The zero-order valence-corrected chi connectivity index (χ0v) is 12.9. The van der Waals surface area contributed by atoms with Gasteiger partial charge in [-0.2, -0.15) is 0 Å². The van der Waals surface area contributed by atoms with Gasteiger partial charge in [-0.3, -0.25) is 19.7 Å². The highest BCUT2D eigenvalue weighted by molar-refractivity contribution is 5.82. The van der Waals surface area contributed by atoms with Crippen LogP contribution in [0.3, 0.4) is 0 Å². The summed E-state index contributed by atoms with van der Waals surface area (Å²) in [6, 6.07) is 2.72. The molecule has 1 saturated heterocycles. The molecule has 1 atom stereocenters. The number of carbonyl (C=O) groups excluding carboxylic acids is 2. The molecular weight excluding hydrogens is 319 g/mol. The van der Waals surface area contributed by atoms with Crippen molar-refractivity contribution in [3.8, 4) is 5.75 Å². The van der Waals surface area contributed by atoms with Gasteiger partial charge in [0.25, 0.3) is 0 Å². The molecule has 24 heavy (non-hydrogen) atoms. The number of halogens is 1. The lowest BCUT2D eigenvalue weighted by Crippen LogP contribution is -2.44. The predicted octanol–water partition coefficient (Wildman–Crippen LogP) is 2.29. The van der Waals surface area contributed by atoms with E-state index in [9.17, 15) is 24.1 Å². The number of nitro benzene ring substituents is 1. The largest absolute Gasteiger partial charge is 0.419 e. The molecule has 1 unspecified atom stereocenters. The van der Waals surface area contributed by atoms with E-state index in [1.165, 1.54) is 0 Å². The van der Waals surface area contributed by atoms with Crippen LogP contribution in [-0.2, 0) is 9.59 Å². The van der Waals surface area contributed by atoms with Crippen LogP contribution in [0, 0.1) is 27.8 Å². The van der Waals surface area contributed by atoms with Gasteiger partial charge in [-0.25, -0.2) is 4.39 Å². The standard InChI is InChI=1S/C16H17FN2O5/c17-12-5-6-13(19(22)23)14(8-12)24-16(21)11-2-1-7-18(9-11)15(20)10-3-4-10/h5-6,8,10-11H,1-4,7,9H2. The Hall–Kier alpha value is -2.51. The molecule has 1 aliphatic heterocycles. The number of esters is 1. The van der Waals surface area contributed by atoms with E-state index >= 15 is 0 Å². The lowest BCUT2D eigenvalue weighted by Gasteiger charge is -2.31. The summed E-state index contributed by atoms with van der Waals surface area (Å²) in [5.74, 6) is -2.22. The topological polar surface area (TPSA) is 89.8 Å². The van der Waals surface area contributed by atoms with E-state index in [1.54, 1.807) is 4.90 Å². The van der Waals surface area contributed by atoms with E-state index < -0.39 is 34.1 Å². The summed E-state index contributed by atoms with van der Waals surface area (Å²) < 4.78 is 18.4. The first-order chi connectivity index (χ1) is 11.5. The number of ether oxygens (including phenoxy) is 1. The van der Waals surface area contributed by atoms with Crippen molar-refractivity contribution in [2.75, 3.05) is 13.1 Å². The summed E-state index contributed by atoms with van der Waals surface area (Å²) in [5, 5.41) is 11.0. The summed E-state index contributed by atoms with van der Waals surface area (Å²) >= 11 is 0. The second-order valence-electron chi connectivity index (χ2n) is 6.19. The maximum absolute atomic E-state index is 13.3. The first kappa shape index (κ1) is 16.4. The Morgan fingerprint density at radius 2 is 2.00 bits per heavy atom. The van der Waals surface area contributed by atoms with Crippen molar-refractivity contribution in [3.05, 3.63) is 34.1 Å². The van der Waals surface area contributed by atoms with Crippen LogP contribution in [0.1, 0.15) is 25.7 Å². The van der Waals surface area contributed by atoms with Crippen molar-refractivity contribution in [2.24, 2.45) is 11.8 Å². The van der Waals surface area contributed by atoms with Crippen molar-refractivity contribution in [1.82, 2.24) is 4.90 Å². The zero-order valence-electron chi connectivity index (χ0n) is 12.9. The molecule has 8 heteroatoms. The van der Waals surface area contributed by atoms with Gasteiger partial charge >= 0.3 is 11.7 Å². The van der Waals surface area contributed by atoms with Crippen molar-refractivity contribution in [2.45, 2.75) is 25.7 Å². The van der Waals surface area contributed by atoms with Gasteiger partial charge in [0.05, 0.1) is 10.8 Å². The van der Waals surface area contributed by atoms with E-state index in [0.29, 0.717) is 19.4 Å². The summed E-state index contributed by atoms with van der Waals surface area (Å²) in [6.45, 7) is 0.858. The highest BCUT2D eigenvalue weighted by Gasteiger charge is 2.37. The molecular formula is C16H17FN2O5. The van der Waals surface area contributed by atoms with Crippen molar-refractivity contribution in [3.63, 3.8) is 0 Å². The molecule has 7 nitrogen and oxygen atoms in total. The molecule has 1 saturated carbocycles. The molecule has 1 aromatic rings. The van der Waals surface area contributed by atoms with Crippen molar-refractivity contribution in [1.29, 1.82) is 0 Å². The minimum Gasteiger partial charge on any atom is -0.419 e. The number of hydrogen-bond donors (Lipinski definition) is 0. The minimum atomic E-state index is -0.730. The van der Waals surface area contributed by atoms with Crippen LogP contribution >= 0.6 is 0 Å². The van der Waals surface area contributed by atoms with E-state index in [-0.39, 0.29) is 18.4 Å². The third-order valence-corrected chi connectivity index (χ3v) is 4.32. The molecule has 2 aliphatic rings. The maximum Gasteiger partial charge on any atom is 0.316 e. The van der Waals surface area contributed by atoms with Crippen LogP contribution in [0.4, 0.5) is 10.1 Å². The smallest absolute Gasteiger partial charge is 0.316 e. The summed E-state index contributed by atoms with van der Waals surface area (Å²) in [6.07, 6.45) is 2.99. The summed E-state index contributed by atoms with van der Waals surface area (Å²) in [5.41, 5.74) is -0.466. The fourth-order valence-electron chi connectivity index (χ4n) is 2.87. The van der Waals surface area contributed by atoms with Crippen LogP contribution in [-0.4, -0.2) is 34.8 Å². The minimum absolute atomic E-state index is 0.0595. The van der Waals surface area contributed by atoms with Gasteiger partial charge in [0.1, 0.15) is 5.82 Å². The van der Waals surface area contributed by atoms with Gasteiger partial charge in [0, 0.05) is 31.1 Å². The zero-order chi connectivity index (χ0) is 17.3. The third kappa shape index (κ3) is 3.52. The van der Waals surface area contributed by atoms with Crippen LogP contribution in [0.15, 0.2) is 18.2 Å². The molecule has 0 aromatic heterocycles. The Kier molecular flexibility index (Phi) is 4.46. The van der Waals surface area contributed by atoms with Crippen molar-refractivity contribution < 1.29 is 23.6 Å². The Bertz CT molecular complexity index is 689. The average molecular weight is 336 g/mol. The molecule has 0 spiro atoms. The lowest BCUT2D eigenvalue weighted by atomic mass is 9.98. The second kappa shape index (κ2) is 6.54. The number of likely N-dealkylation sites (tertiary alicyclic amines) is 1. The molecule has 0 radical (unpaired) electrons. The molecule has 128 valence electrons. The molecule has 3 rings (SSSR count). The van der Waals surface area contributed by atoms with Gasteiger partial charge in [-0.15, -0.1) is 0 Å². The molecule has 1 amide bonds. The van der Waals surface area contributed by atoms with Gasteiger partial charge < -0.3 is 9.64 Å². The first-order valence-corrected chi connectivity index (χ1v) is 7.90. The number of piperidine rings is 1. The third-order valence-electron chi connectivity index (χ3n) is 4.32. The second-order valence-corrected chi connectivity index (χ2v) is 6.19. The number of carbonyl (C=O) groups is 2. The summed E-state index contributed by atoms with van der Waals surface area (Å²) in [7, 11) is 0. The fourth-order valence-corrected chi connectivity index (χ4v) is 2.87. The monoisotopic (exact) mass is 336 g/mol.